The van der Waals surface area contributed by atoms with Gasteiger partial charge in [-0.1, -0.05) is 84.3 Å². The van der Waals surface area contributed by atoms with Crippen LogP contribution in [0.2, 0.25) is 0 Å². The van der Waals surface area contributed by atoms with Crippen molar-refractivity contribution in [1.82, 2.24) is 0 Å². The molecule has 0 aromatic heterocycles. The highest BCUT2D eigenvalue weighted by Gasteiger charge is 2.07. The van der Waals surface area contributed by atoms with Crippen LogP contribution in [0.4, 0.5) is 0 Å². The van der Waals surface area contributed by atoms with Gasteiger partial charge in [0.1, 0.15) is 0 Å². The molecule has 2 atom stereocenters. The van der Waals surface area contributed by atoms with Crippen LogP contribution in [0, 0.1) is 17.8 Å². The maximum Gasteiger partial charge on any atom is 0.322 e. The van der Waals surface area contributed by atoms with Gasteiger partial charge in [-0.15, -0.1) is 0 Å². The summed E-state index contributed by atoms with van der Waals surface area (Å²) >= 11 is 4.42. The molecule has 0 unspecified atom stereocenters. The predicted octanol–water partition coefficient (Wildman–Crippen LogP) is 6.60. The molecule has 0 saturated carbocycles. The Morgan fingerprint density at radius 2 is 1.40 bits per heavy atom. The summed E-state index contributed by atoms with van der Waals surface area (Å²) in [6.07, 6.45) is 13.6. The van der Waals surface area contributed by atoms with E-state index in [1.165, 1.54) is 56.9 Å². The van der Waals surface area contributed by atoms with Crippen LogP contribution in [0.1, 0.15) is 92.4 Å². The quantitative estimate of drug-likeness (QED) is 0.243. The van der Waals surface area contributed by atoms with E-state index in [0.717, 1.165) is 24.2 Å². The van der Waals surface area contributed by atoms with E-state index in [-0.39, 0.29) is 6.61 Å². The van der Waals surface area contributed by atoms with Gasteiger partial charge in [0.25, 0.3) is 0 Å². The van der Waals surface area contributed by atoms with Crippen molar-refractivity contribution in [3.05, 3.63) is 11.6 Å². The van der Waals surface area contributed by atoms with Crippen LogP contribution in [0.3, 0.4) is 0 Å². The molecule has 2 N–H and O–H groups in total. The van der Waals surface area contributed by atoms with Crippen LogP contribution in [0.5, 0.6) is 0 Å². The van der Waals surface area contributed by atoms with Gasteiger partial charge in [0.05, 0.1) is 6.61 Å². The van der Waals surface area contributed by atoms with Crippen LogP contribution in [0.15, 0.2) is 11.6 Å². The van der Waals surface area contributed by atoms with Crippen LogP contribution in [0.25, 0.3) is 0 Å². The minimum atomic E-state index is -3.51. The Labute approximate surface area is 161 Å². The van der Waals surface area contributed by atoms with Crippen LogP contribution in [-0.2, 0) is 16.3 Å². The Bertz CT molecular complexity index is 404. The minimum Gasteiger partial charge on any atom is -0.325 e. The third kappa shape index (κ3) is 18.8. The highest BCUT2D eigenvalue weighted by Crippen LogP contribution is 2.36. The molecule has 5 heteroatoms. The molecule has 0 radical (unpaired) electrons. The van der Waals surface area contributed by atoms with E-state index >= 15 is 0 Å². The van der Waals surface area contributed by atoms with Gasteiger partial charge in [-0.3, -0.25) is 0 Å². The normalized spacial score (nSPS) is 15.6. The molecule has 0 heterocycles. The lowest BCUT2D eigenvalue weighted by Crippen LogP contribution is -2.00. The van der Waals surface area contributed by atoms with Crippen molar-refractivity contribution in [3.8, 4) is 0 Å². The molecule has 0 fully saturated rings. The van der Waals surface area contributed by atoms with Crippen molar-refractivity contribution in [2.75, 3.05) is 6.61 Å². The van der Waals surface area contributed by atoms with Crippen LogP contribution in [-0.4, -0.2) is 16.4 Å². The van der Waals surface area contributed by atoms with Gasteiger partial charge in [-0.2, -0.15) is 0 Å². The topological polar surface area (TPSA) is 49.7 Å². The molecule has 0 bridgehead atoms. The van der Waals surface area contributed by atoms with Crippen molar-refractivity contribution in [3.63, 3.8) is 0 Å². The fourth-order valence-corrected chi connectivity index (χ4v) is 3.54. The largest absolute Gasteiger partial charge is 0.325 e. The lowest BCUT2D eigenvalue weighted by atomic mass is 9.91. The molecule has 0 spiro atoms. The zero-order valence-corrected chi connectivity index (χ0v) is 18.7. The van der Waals surface area contributed by atoms with Gasteiger partial charge >= 0.3 is 6.72 Å². The average Bonchev–Trinajstić information content (AvgIpc) is 2.45. The maximum absolute atomic E-state index is 9.00. The number of allylic oxidation sites excluding steroid dienone is 1. The molecule has 0 amide bonds. The van der Waals surface area contributed by atoms with E-state index in [0.29, 0.717) is 0 Å². The molecule has 0 aromatic rings. The second-order valence-electron chi connectivity index (χ2n) is 8.20. The second-order valence-corrected chi connectivity index (χ2v) is 10.9. The van der Waals surface area contributed by atoms with Crippen molar-refractivity contribution in [1.29, 1.82) is 0 Å². The van der Waals surface area contributed by atoms with E-state index in [4.69, 9.17) is 14.3 Å². The van der Waals surface area contributed by atoms with Gasteiger partial charge in [0.15, 0.2) is 0 Å². The first-order valence-corrected chi connectivity index (χ1v) is 12.6. The van der Waals surface area contributed by atoms with E-state index < -0.39 is 6.72 Å². The molecule has 0 aliphatic heterocycles. The van der Waals surface area contributed by atoms with Crippen LogP contribution >= 0.6 is 6.72 Å². The van der Waals surface area contributed by atoms with Gasteiger partial charge in [0.2, 0.25) is 0 Å². The van der Waals surface area contributed by atoms with Gasteiger partial charge in [0, 0.05) is 0 Å². The van der Waals surface area contributed by atoms with E-state index in [1.54, 1.807) is 0 Å². The Hall–Kier alpha value is 0.270. The Balaban J connectivity index is 3.68. The fraction of sp³-hybridized carbons (Fsp3) is 0.900. The standard InChI is InChI=1S/C20H41O3PS/c1-17(2)9-6-10-18(3)11-7-12-19(4)13-8-14-20(5)15-16-23-24(21,22)25/h15,17-19H,6-14,16H2,1-5H3,(H2,21,22,25)/b20-15+/t18-,19-/m1/s1. The summed E-state index contributed by atoms with van der Waals surface area (Å²) in [5.41, 5.74) is 1.23. The summed E-state index contributed by atoms with van der Waals surface area (Å²) in [6, 6.07) is 0. The summed E-state index contributed by atoms with van der Waals surface area (Å²) in [5, 5.41) is 0. The summed E-state index contributed by atoms with van der Waals surface area (Å²) in [6.45, 7) is 8.13. The molecule has 3 nitrogen and oxygen atoms in total. The first-order chi connectivity index (χ1) is 11.6. The van der Waals surface area contributed by atoms with Gasteiger partial charge in [-0.25, -0.2) is 0 Å². The molecule has 25 heavy (non-hydrogen) atoms. The molecular weight excluding hydrogens is 351 g/mol. The third-order valence-electron chi connectivity index (χ3n) is 4.81. The molecule has 0 aromatic carbocycles. The predicted molar refractivity (Wildman–Crippen MR) is 113 cm³/mol. The van der Waals surface area contributed by atoms with E-state index in [2.05, 4.69) is 46.4 Å². The van der Waals surface area contributed by atoms with Crippen molar-refractivity contribution in [2.45, 2.75) is 92.4 Å². The number of rotatable bonds is 15. The van der Waals surface area contributed by atoms with E-state index in [1.807, 2.05) is 6.08 Å². The first-order valence-electron chi connectivity index (χ1n) is 9.95. The van der Waals surface area contributed by atoms with Gasteiger partial charge < -0.3 is 14.3 Å². The van der Waals surface area contributed by atoms with Crippen molar-refractivity contribution in [2.24, 2.45) is 17.8 Å². The van der Waals surface area contributed by atoms with Crippen molar-refractivity contribution < 1.29 is 14.3 Å². The zero-order chi connectivity index (χ0) is 19.3. The second kappa shape index (κ2) is 14.3. The molecule has 150 valence electrons. The summed E-state index contributed by atoms with van der Waals surface area (Å²) < 4.78 is 4.80. The minimum absolute atomic E-state index is 0.195. The molecular formula is C20H41O3PS. The highest BCUT2D eigenvalue weighted by molar-refractivity contribution is 8.06. The Kier molecular flexibility index (Phi) is 14.5. The molecule has 0 rings (SSSR count). The maximum atomic E-state index is 9.00. The Morgan fingerprint density at radius 1 is 0.920 bits per heavy atom. The SMILES string of the molecule is C/C(=C\COP(O)(O)=S)CCC[C@H](C)CCC[C@H](C)CCCC(C)C. The van der Waals surface area contributed by atoms with Crippen LogP contribution < -0.4 is 0 Å². The molecule has 0 saturated heterocycles. The number of hydrogen-bond acceptors (Lipinski definition) is 2. The highest BCUT2D eigenvalue weighted by atomic mass is 32.5. The van der Waals surface area contributed by atoms with Gasteiger partial charge in [-0.05, 0) is 49.3 Å². The smallest absolute Gasteiger partial charge is 0.322 e. The molecule has 0 aliphatic carbocycles. The third-order valence-corrected chi connectivity index (χ3v) is 5.62. The summed E-state index contributed by atoms with van der Waals surface area (Å²) in [7, 11) is 0. The fourth-order valence-electron chi connectivity index (χ4n) is 3.09. The average molecular weight is 393 g/mol. The summed E-state index contributed by atoms with van der Waals surface area (Å²) in [5.74, 6) is 2.49. The summed E-state index contributed by atoms with van der Waals surface area (Å²) in [4.78, 5) is 18.0. The van der Waals surface area contributed by atoms with Crippen molar-refractivity contribution >= 4 is 18.5 Å². The van der Waals surface area contributed by atoms with E-state index in [9.17, 15) is 0 Å². The lowest BCUT2D eigenvalue weighted by Gasteiger charge is -2.15. The first kappa shape index (κ1) is 25.3. The number of hydrogen-bond donors (Lipinski definition) is 2. The monoisotopic (exact) mass is 392 g/mol. The molecule has 0 aliphatic rings. The Morgan fingerprint density at radius 3 is 1.88 bits per heavy atom. The zero-order valence-electron chi connectivity index (χ0n) is 17.0. The lowest BCUT2D eigenvalue weighted by molar-refractivity contribution is 0.278.